The molecular weight excluding hydrogens is 274 g/mol. The Bertz CT molecular complexity index is 641. The Morgan fingerprint density at radius 3 is 2.42 bits per heavy atom. The van der Waals surface area contributed by atoms with Crippen molar-refractivity contribution in [2.24, 2.45) is 0 Å². The molecule has 2 aromatic carbocycles. The van der Waals surface area contributed by atoms with Crippen molar-refractivity contribution < 1.29 is 18.3 Å². The number of esters is 1. The van der Waals surface area contributed by atoms with Crippen molar-refractivity contribution in [3.63, 3.8) is 0 Å². The summed E-state index contributed by atoms with van der Waals surface area (Å²) in [4.78, 5) is 11.3. The number of halogens is 3. The summed E-state index contributed by atoms with van der Waals surface area (Å²) >= 11 is 5.65. The van der Waals surface area contributed by atoms with E-state index in [0.29, 0.717) is 5.56 Å². The number of methoxy groups -OCH3 is 1. The van der Waals surface area contributed by atoms with Gasteiger partial charge in [-0.25, -0.2) is 13.6 Å². The first-order chi connectivity index (χ1) is 9.02. The first kappa shape index (κ1) is 13.5. The third kappa shape index (κ3) is 2.74. The number of ether oxygens (including phenoxy) is 1. The van der Waals surface area contributed by atoms with Crippen molar-refractivity contribution in [2.45, 2.75) is 0 Å². The number of rotatable bonds is 2. The summed E-state index contributed by atoms with van der Waals surface area (Å²) in [6.45, 7) is 0. The van der Waals surface area contributed by atoms with Gasteiger partial charge in [0.1, 0.15) is 11.6 Å². The van der Waals surface area contributed by atoms with Gasteiger partial charge < -0.3 is 4.74 Å². The van der Waals surface area contributed by atoms with Gasteiger partial charge in [-0.3, -0.25) is 0 Å². The van der Waals surface area contributed by atoms with Crippen molar-refractivity contribution in [1.82, 2.24) is 0 Å². The second kappa shape index (κ2) is 5.36. The minimum absolute atomic E-state index is 0.0889. The zero-order valence-electron chi connectivity index (χ0n) is 9.91. The number of carbonyl (C=O) groups excluding carboxylic acids is 1. The maximum absolute atomic E-state index is 13.9. The predicted octanol–water partition coefficient (Wildman–Crippen LogP) is 4.07. The Kier molecular flexibility index (Phi) is 3.81. The zero-order chi connectivity index (χ0) is 14.0. The van der Waals surface area contributed by atoms with E-state index in [2.05, 4.69) is 4.74 Å². The summed E-state index contributed by atoms with van der Waals surface area (Å²) in [6, 6.07) is 7.82. The highest BCUT2D eigenvalue weighted by molar-refractivity contribution is 6.31. The summed E-state index contributed by atoms with van der Waals surface area (Å²) < 4.78 is 31.5. The Morgan fingerprint density at radius 1 is 1.11 bits per heavy atom. The highest BCUT2D eigenvalue weighted by Gasteiger charge is 2.12. The minimum Gasteiger partial charge on any atom is -0.465 e. The van der Waals surface area contributed by atoms with Crippen LogP contribution in [0.25, 0.3) is 11.1 Å². The molecule has 2 aromatic rings. The average Bonchev–Trinajstić information content (AvgIpc) is 2.41. The first-order valence-electron chi connectivity index (χ1n) is 5.36. The van der Waals surface area contributed by atoms with E-state index >= 15 is 0 Å². The summed E-state index contributed by atoms with van der Waals surface area (Å²) in [5.74, 6) is -1.80. The molecule has 0 spiro atoms. The van der Waals surface area contributed by atoms with Gasteiger partial charge >= 0.3 is 5.97 Å². The molecule has 0 aliphatic rings. The largest absolute Gasteiger partial charge is 0.465 e. The molecule has 0 aromatic heterocycles. The first-order valence-corrected chi connectivity index (χ1v) is 5.74. The lowest BCUT2D eigenvalue weighted by atomic mass is 10.0. The fraction of sp³-hybridized carbons (Fsp3) is 0.0714. The Morgan fingerprint density at radius 2 is 1.84 bits per heavy atom. The van der Waals surface area contributed by atoms with E-state index < -0.39 is 17.6 Å². The van der Waals surface area contributed by atoms with Gasteiger partial charge in [0.15, 0.2) is 0 Å². The molecule has 0 saturated carbocycles. The SMILES string of the molecule is COC(=O)c1ccc(-c2ccc(F)c(Cl)c2)c(F)c1. The fourth-order valence-electron chi connectivity index (χ4n) is 1.66. The van der Waals surface area contributed by atoms with Crippen molar-refractivity contribution >= 4 is 17.6 Å². The maximum Gasteiger partial charge on any atom is 0.337 e. The quantitative estimate of drug-likeness (QED) is 0.776. The topological polar surface area (TPSA) is 26.3 Å². The molecule has 0 bridgehead atoms. The van der Waals surface area contributed by atoms with E-state index in [0.717, 1.165) is 12.1 Å². The van der Waals surface area contributed by atoms with Gasteiger partial charge in [0.25, 0.3) is 0 Å². The maximum atomic E-state index is 13.9. The molecule has 0 N–H and O–H groups in total. The molecule has 0 atom stereocenters. The number of carbonyl (C=O) groups is 1. The van der Waals surface area contributed by atoms with Crippen LogP contribution in [0.4, 0.5) is 8.78 Å². The minimum atomic E-state index is -0.623. The molecule has 0 unspecified atom stereocenters. The molecular formula is C14H9ClF2O2. The smallest absolute Gasteiger partial charge is 0.337 e. The summed E-state index contributed by atoms with van der Waals surface area (Å²) in [5, 5.41) is -0.0889. The normalized spacial score (nSPS) is 10.3. The van der Waals surface area contributed by atoms with Gasteiger partial charge in [-0.05, 0) is 29.8 Å². The lowest BCUT2D eigenvalue weighted by Gasteiger charge is -2.06. The standard InChI is InChI=1S/C14H9ClF2O2/c1-19-14(18)9-2-4-10(13(17)7-9)8-3-5-12(16)11(15)6-8/h2-7H,1H3. The fourth-order valence-corrected chi connectivity index (χ4v) is 1.84. The second-order valence-corrected chi connectivity index (χ2v) is 4.22. The second-order valence-electron chi connectivity index (χ2n) is 3.82. The molecule has 19 heavy (non-hydrogen) atoms. The highest BCUT2D eigenvalue weighted by atomic mass is 35.5. The summed E-state index contributed by atoms with van der Waals surface area (Å²) in [6.07, 6.45) is 0. The molecule has 0 heterocycles. The van der Waals surface area contributed by atoms with E-state index in [1.54, 1.807) is 0 Å². The zero-order valence-corrected chi connectivity index (χ0v) is 10.7. The average molecular weight is 283 g/mol. The van der Waals surface area contributed by atoms with Gasteiger partial charge in [-0.2, -0.15) is 0 Å². The van der Waals surface area contributed by atoms with Gasteiger partial charge in [-0.15, -0.1) is 0 Å². The third-order valence-corrected chi connectivity index (χ3v) is 2.91. The lowest BCUT2D eigenvalue weighted by Crippen LogP contribution is -2.02. The van der Waals surface area contributed by atoms with E-state index in [1.807, 2.05) is 0 Å². The number of hydrogen-bond donors (Lipinski definition) is 0. The Hall–Kier alpha value is -1.94. The molecule has 5 heteroatoms. The molecule has 0 radical (unpaired) electrons. The molecule has 0 saturated heterocycles. The van der Waals surface area contributed by atoms with Gasteiger partial charge in [0.05, 0.1) is 17.7 Å². The van der Waals surface area contributed by atoms with Crippen molar-refractivity contribution in [2.75, 3.05) is 7.11 Å². The molecule has 0 aliphatic heterocycles. The van der Waals surface area contributed by atoms with Crippen LogP contribution in [0.15, 0.2) is 36.4 Å². The van der Waals surface area contributed by atoms with Crippen molar-refractivity contribution in [3.8, 4) is 11.1 Å². The van der Waals surface area contributed by atoms with Crippen LogP contribution in [0.5, 0.6) is 0 Å². The van der Waals surface area contributed by atoms with E-state index in [9.17, 15) is 13.6 Å². The number of hydrogen-bond acceptors (Lipinski definition) is 2. The highest BCUT2D eigenvalue weighted by Crippen LogP contribution is 2.27. The molecule has 0 amide bonds. The monoisotopic (exact) mass is 282 g/mol. The van der Waals surface area contributed by atoms with Crippen LogP contribution in [0, 0.1) is 11.6 Å². The summed E-state index contributed by atoms with van der Waals surface area (Å²) in [7, 11) is 1.22. The van der Waals surface area contributed by atoms with Crippen molar-refractivity contribution in [3.05, 3.63) is 58.6 Å². The van der Waals surface area contributed by atoms with Crippen LogP contribution < -0.4 is 0 Å². The molecule has 0 fully saturated rings. The molecule has 0 aliphatic carbocycles. The predicted molar refractivity (Wildman–Crippen MR) is 68.1 cm³/mol. The van der Waals surface area contributed by atoms with Crippen LogP contribution in [0.3, 0.4) is 0 Å². The van der Waals surface area contributed by atoms with Crippen LogP contribution in [-0.4, -0.2) is 13.1 Å². The molecule has 2 rings (SSSR count). The van der Waals surface area contributed by atoms with Crippen molar-refractivity contribution in [1.29, 1.82) is 0 Å². The van der Waals surface area contributed by atoms with Gasteiger partial charge in [-0.1, -0.05) is 23.7 Å². The van der Waals surface area contributed by atoms with Crippen LogP contribution in [0.2, 0.25) is 5.02 Å². The van der Waals surface area contributed by atoms with Crippen LogP contribution in [-0.2, 0) is 4.74 Å². The molecule has 98 valence electrons. The summed E-state index contributed by atoms with van der Waals surface area (Å²) in [5.41, 5.74) is 0.770. The van der Waals surface area contributed by atoms with E-state index in [-0.39, 0.29) is 16.1 Å². The van der Waals surface area contributed by atoms with E-state index in [4.69, 9.17) is 11.6 Å². The van der Waals surface area contributed by atoms with Gasteiger partial charge in [0, 0.05) is 5.56 Å². The number of benzene rings is 2. The third-order valence-electron chi connectivity index (χ3n) is 2.62. The Balaban J connectivity index is 2.46. The van der Waals surface area contributed by atoms with E-state index in [1.165, 1.54) is 31.4 Å². The lowest BCUT2D eigenvalue weighted by molar-refractivity contribution is 0.0600. The molecule has 2 nitrogen and oxygen atoms in total. The Labute approximate surface area is 113 Å². The van der Waals surface area contributed by atoms with Crippen LogP contribution in [0.1, 0.15) is 10.4 Å². The van der Waals surface area contributed by atoms with Crippen LogP contribution >= 0.6 is 11.6 Å². The van der Waals surface area contributed by atoms with Gasteiger partial charge in [0.2, 0.25) is 0 Å².